The molecule has 2 aromatic rings. The summed E-state index contributed by atoms with van der Waals surface area (Å²) in [7, 11) is 0. The van der Waals surface area contributed by atoms with Gasteiger partial charge in [-0.15, -0.1) is 0 Å². The van der Waals surface area contributed by atoms with Crippen LogP contribution in [-0.2, 0) is 19.3 Å². The number of aromatic nitrogens is 1. The van der Waals surface area contributed by atoms with Crippen LogP contribution in [0.2, 0.25) is 0 Å². The number of hydrogen-bond donors (Lipinski definition) is 1. The Kier molecular flexibility index (Phi) is 2.13. The molecule has 0 unspecified atom stereocenters. The van der Waals surface area contributed by atoms with Crippen LogP contribution in [0.25, 0.3) is 0 Å². The van der Waals surface area contributed by atoms with Gasteiger partial charge in [-0.3, -0.25) is 0 Å². The van der Waals surface area contributed by atoms with Gasteiger partial charge in [-0.2, -0.15) is 0 Å². The zero-order valence-electron chi connectivity index (χ0n) is 9.11. The second-order valence-electron chi connectivity index (χ2n) is 4.28. The van der Waals surface area contributed by atoms with Crippen LogP contribution in [-0.4, -0.2) is 4.98 Å². The van der Waals surface area contributed by atoms with Crippen molar-refractivity contribution in [1.82, 2.24) is 4.98 Å². The maximum atomic E-state index is 5.93. The lowest BCUT2D eigenvalue weighted by Gasteiger charge is -2.07. The Morgan fingerprint density at radius 1 is 0.938 bits per heavy atom. The molecule has 2 heteroatoms. The van der Waals surface area contributed by atoms with Gasteiger partial charge in [-0.05, 0) is 47.6 Å². The molecular formula is C14H14N2. The minimum absolute atomic E-state index is 0.699. The molecule has 1 aromatic heterocycles. The minimum atomic E-state index is 0.699. The van der Waals surface area contributed by atoms with Gasteiger partial charge in [0, 0.05) is 6.20 Å². The Balaban J connectivity index is 2.12. The molecule has 0 atom stereocenters. The zero-order valence-corrected chi connectivity index (χ0v) is 9.11. The molecule has 80 valence electrons. The fraction of sp³-hybridized carbons (Fsp3) is 0.214. The Hall–Kier alpha value is -1.83. The Bertz CT molecular complexity index is 532. The number of fused-ring (bicyclic) bond motifs is 2. The van der Waals surface area contributed by atoms with Gasteiger partial charge in [0.2, 0.25) is 0 Å². The largest absolute Gasteiger partial charge is 0.383 e. The summed E-state index contributed by atoms with van der Waals surface area (Å²) in [6, 6.07) is 10.7. The fourth-order valence-electron chi connectivity index (χ4n) is 2.44. The molecule has 0 saturated carbocycles. The van der Waals surface area contributed by atoms with E-state index in [4.69, 9.17) is 5.73 Å². The highest BCUT2D eigenvalue weighted by molar-refractivity contribution is 5.49. The maximum absolute atomic E-state index is 5.93. The van der Waals surface area contributed by atoms with Crippen molar-refractivity contribution < 1.29 is 0 Å². The lowest BCUT2D eigenvalue weighted by atomic mass is 10.0. The first kappa shape index (κ1) is 9.40. The van der Waals surface area contributed by atoms with Gasteiger partial charge in [-0.1, -0.05) is 24.3 Å². The van der Waals surface area contributed by atoms with Gasteiger partial charge < -0.3 is 5.73 Å². The molecule has 2 nitrogen and oxygen atoms in total. The van der Waals surface area contributed by atoms with E-state index in [1.807, 2.05) is 6.20 Å². The predicted molar refractivity (Wildman–Crippen MR) is 65.3 cm³/mol. The van der Waals surface area contributed by atoms with Crippen molar-refractivity contribution in [1.29, 1.82) is 0 Å². The maximum Gasteiger partial charge on any atom is 0.126 e. The van der Waals surface area contributed by atoms with Crippen molar-refractivity contribution in [2.75, 3.05) is 5.73 Å². The van der Waals surface area contributed by atoms with Crippen molar-refractivity contribution in [3.63, 3.8) is 0 Å². The summed E-state index contributed by atoms with van der Waals surface area (Å²) >= 11 is 0. The summed E-state index contributed by atoms with van der Waals surface area (Å²) in [5, 5.41) is 0. The molecule has 1 aliphatic rings. The summed E-state index contributed by atoms with van der Waals surface area (Å²) in [4.78, 5) is 4.17. The highest BCUT2D eigenvalue weighted by Gasteiger charge is 2.14. The Morgan fingerprint density at radius 2 is 1.75 bits per heavy atom. The molecule has 1 aromatic carbocycles. The minimum Gasteiger partial charge on any atom is -0.383 e. The van der Waals surface area contributed by atoms with E-state index in [1.165, 1.54) is 22.3 Å². The van der Waals surface area contributed by atoms with Crippen LogP contribution in [0, 0.1) is 0 Å². The number of benzene rings is 1. The summed E-state index contributed by atoms with van der Waals surface area (Å²) in [5.74, 6) is 0.699. The summed E-state index contributed by atoms with van der Waals surface area (Å²) in [5.41, 5.74) is 11.4. The van der Waals surface area contributed by atoms with E-state index in [9.17, 15) is 0 Å². The average molecular weight is 210 g/mol. The van der Waals surface area contributed by atoms with Crippen LogP contribution in [0.4, 0.5) is 5.82 Å². The van der Waals surface area contributed by atoms with Crippen LogP contribution < -0.4 is 5.73 Å². The van der Waals surface area contributed by atoms with Crippen LogP contribution in [0.5, 0.6) is 0 Å². The van der Waals surface area contributed by atoms with Crippen molar-refractivity contribution in [2.24, 2.45) is 0 Å². The van der Waals surface area contributed by atoms with Crippen LogP contribution in [0.3, 0.4) is 0 Å². The van der Waals surface area contributed by atoms with Crippen molar-refractivity contribution in [3.05, 3.63) is 58.8 Å². The lowest BCUT2D eigenvalue weighted by Crippen LogP contribution is -2.01. The monoisotopic (exact) mass is 210 g/mol. The molecular weight excluding hydrogens is 196 g/mol. The van der Waals surface area contributed by atoms with E-state index in [0.29, 0.717) is 5.82 Å². The number of nitrogen functional groups attached to an aromatic ring is 1. The van der Waals surface area contributed by atoms with Crippen molar-refractivity contribution in [3.8, 4) is 0 Å². The van der Waals surface area contributed by atoms with Crippen LogP contribution in [0.15, 0.2) is 36.5 Å². The molecule has 0 fully saturated rings. The van der Waals surface area contributed by atoms with E-state index in [2.05, 4.69) is 35.3 Å². The van der Waals surface area contributed by atoms with E-state index >= 15 is 0 Å². The number of hydrogen-bond acceptors (Lipinski definition) is 2. The third-order valence-corrected chi connectivity index (χ3v) is 3.33. The SMILES string of the molecule is Nc1nccc2c1CCc1ccccc1C2. The first-order valence-corrected chi connectivity index (χ1v) is 5.63. The molecule has 0 radical (unpaired) electrons. The Morgan fingerprint density at radius 3 is 2.62 bits per heavy atom. The number of nitrogens with two attached hydrogens (primary N) is 1. The first-order chi connectivity index (χ1) is 7.84. The molecule has 0 saturated heterocycles. The van der Waals surface area contributed by atoms with Crippen LogP contribution >= 0.6 is 0 Å². The molecule has 0 bridgehead atoms. The average Bonchev–Trinajstić information content (AvgIpc) is 2.48. The van der Waals surface area contributed by atoms with E-state index in [1.54, 1.807) is 0 Å². The molecule has 16 heavy (non-hydrogen) atoms. The number of rotatable bonds is 0. The predicted octanol–water partition coefficient (Wildman–Crippen LogP) is 2.35. The zero-order chi connectivity index (χ0) is 11.0. The van der Waals surface area contributed by atoms with Gasteiger partial charge in [0.15, 0.2) is 0 Å². The number of aryl methyl sites for hydroxylation is 1. The lowest BCUT2D eigenvalue weighted by molar-refractivity contribution is 0.959. The number of pyridine rings is 1. The van der Waals surface area contributed by atoms with Gasteiger partial charge >= 0.3 is 0 Å². The van der Waals surface area contributed by atoms with Crippen molar-refractivity contribution >= 4 is 5.82 Å². The van der Waals surface area contributed by atoms with Gasteiger partial charge in [0.05, 0.1) is 0 Å². The van der Waals surface area contributed by atoms with Gasteiger partial charge in [0.25, 0.3) is 0 Å². The number of anilines is 1. The summed E-state index contributed by atoms with van der Waals surface area (Å²) in [6.07, 6.45) is 4.87. The Labute approximate surface area is 95.1 Å². The normalized spacial score (nSPS) is 13.8. The van der Waals surface area contributed by atoms with Gasteiger partial charge in [0.1, 0.15) is 5.82 Å². The molecule has 0 aliphatic heterocycles. The summed E-state index contributed by atoms with van der Waals surface area (Å²) in [6.45, 7) is 0. The molecule has 1 aliphatic carbocycles. The van der Waals surface area contributed by atoms with Crippen LogP contribution in [0.1, 0.15) is 22.3 Å². The van der Waals surface area contributed by atoms with Gasteiger partial charge in [-0.25, -0.2) is 4.98 Å². The molecule has 1 heterocycles. The fourth-order valence-corrected chi connectivity index (χ4v) is 2.44. The summed E-state index contributed by atoms with van der Waals surface area (Å²) < 4.78 is 0. The second kappa shape index (κ2) is 3.63. The molecule has 2 N–H and O–H groups in total. The highest BCUT2D eigenvalue weighted by Crippen LogP contribution is 2.26. The smallest absolute Gasteiger partial charge is 0.126 e. The molecule has 0 amide bonds. The second-order valence-corrected chi connectivity index (χ2v) is 4.28. The third-order valence-electron chi connectivity index (χ3n) is 3.33. The first-order valence-electron chi connectivity index (χ1n) is 5.63. The standard InChI is InChI=1S/C14H14N2/c15-14-13-6-5-10-3-1-2-4-11(10)9-12(13)7-8-16-14/h1-4,7-8H,5-6,9H2,(H2,15,16). The number of nitrogens with zero attached hydrogens (tertiary/aromatic N) is 1. The van der Waals surface area contributed by atoms with E-state index in [0.717, 1.165) is 19.3 Å². The van der Waals surface area contributed by atoms with E-state index in [-0.39, 0.29) is 0 Å². The quantitative estimate of drug-likeness (QED) is 0.725. The highest BCUT2D eigenvalue weighted by atomic mass is 14.8. The molecule has 0 spiro atoms. The topological polar surface area (TPSA) is 38.9 Å². The van der Waals surface area contributed by atoms with E-state index < -0.39 is 0 Å². The molecule has 3 rings (SSSR count). The van der Waals surface area contributed by atoms with Crippen molar-refractivity contribution in [2.45, 2.75) is 19.3 Å². The third kappa shape index (κ3) is 1.47.